The Hall–Kier alpha value is -1.36. The van der Waals surface area contributed by atoms with E-state index in [1.807, 2.05) is 49.9 Å². The summed E-state index contributed by atoms with van der Waals surface area (Å²) in [6.45, 7) is 4.85. The lowest BCUT2D eigenvalue weighted by Crippen LogP contribution is -2.24. The van der Waals surface area contributed by atoms with Gasteiger partial charge in [-0.3, -0.25) is 4.99 Å². The molecule has 1 aliphatic rings. The number of thioether (sulfide) groups is 1. The van der Waals surface area contributed by atoms with Crippen molar-refractivity contribution in [1.29, 1.82) is 0 Å². The first-order chi connectivity index (χ1) is 10.1. The Bertz CT molecular complexity index is 453. The standard InChI is InChI=1S/C16H25N3OS/c1-12(2)20-15-7-5-14(6-8-15)19-16(17)18-10-13-4-3-9-21-11-13/h5-8,12-13H,3-4,9-11H2,1-2H3,(H3,17,18,19). The molecule has 1 aliphatic heterocycles. The summed E-state index contributed by atoms with van der Waals surface area (Å²) in [6, 6.07) is 7.79. The normalized spacial score (nSPS) is 19.6. The third-order valence-corrected chi connectivity index (χ3v) is 4.56. The van der Waals surface area contributed by atoms with Gasteiger partial charge in [0.2, 0.25) is 0 Å². The van der Waals surface area contributed by atoms with E-state index in [0.717, 1.165) is 18.0 Å². The first kappa shape index (κ1) is 16.0. The fraction of sp³-hybridized carbons (Fsp3) is 0.562. The molecule has 1 aromatic carbocycles. The van der Waals surface area contributed by atoms with Gasteiger partial charge in [-0.1, -0.05) is 0 Å². The maximum atomic E-state index is 5.94. The molecule has 0 aliphatic carbocycles. The Morgan fingerprint density at radius 1 is 1.43 bits per heavy atom. The largest absolute Gasteiger partial charge is 0.491 e. The number of nitrogens with two attached hydrogens (primary N) is 1. The van der Waals surface area contributed by atoms with Crippen molar-refractivity contribution in [3.8, 4) is 5.75 Å². The average molecular weight is 307 g/mol. The molecule has 0 radical (unpaired) electrons. The molecule has 1 saturated heterocycles. The zero-order valence-electron chi connectivity index (χ0n) is 12.8. The maximum Gasteiger partial charge on any atom is 0.193 e. The second-order valence-corrected chi connectivity index (χ2v) is 6.77. The van der Waals surface area contributed by atoms with E-state index in [4.69, 9.17) is 10.5 Å². The zero-order valence-corrected chi connectivity index (χ0v) is 13.7. The summed E-state index contributed by atoms with van der Waals surface area (Å²) in [5.74, 6) is 4.52. The molecule has 2 rings (SSSR count). The van der Waals surface area contributed by atoms with Gasteiger partial charge in [0.1, 0.15) is 5.75 Å². The van der Waals surface area contributed by atoms with Gasteiger partial charge in [0.15, 0.2) is 5.96 Å². The summed E-state index contributed by atoms with van der Waals surface area (Å²) >= 11 is 2.02. The molecule has 5 heteroatoms. The maximum absolute atomic E-state index is 5.94. The second kappa shape index (κ2) is 8.17. The highest BCUT2D eigenvalue weighted by molar-refractivity contribution is 7.99. The van der Waals surface area contributed by atoms with Crippen LogP contribution in [0.15, 0.2) is 29.3 Å². The molecule has 0 spiro atoms. The van der Waals surface area contributed by atoms with E-state index in [1.54, 1.807) is 0 Å². The van der Waals surface area contributed by atoms with Crippen LogP contribution in [0.5, 0.6) is 5.75 Å². The smallest absolute Gasteiger partial charge is 0.193 e. The van der Waals surface area contributed by atoms with E-state index in [0.29, 0.717) is 11.9 Å². The number of ether oxygens (including phenoxy) is 1. The zero-order chi connectivity index (χ0) is 15.1. The number of hydrogen-bond acceptors (Lipinski definition) is 3. The van der Waals surface area contributed by atoms with Crippen LogP contribution in [0.3, 0.4) is 0 Å². The molecular weight excluding hydrogens is 282 g/mol. The Labute approximate surface area is 131 Å². The first-order valence-corrected chi connectivity index (χ1v) is 8.70. The van der Waals surface area contributed by atoms with Crippen LogP contribution in [-0.4, -0.2) is 30.1 Å². The molecule has 1 fully saturated rings. The van der Waals surface area contributed by atoms with E-state index in [2.05, 4.69) is 10.3 Å². The highest BCUT2D eigenvalue weighted by Gasteiger charge is 2.13. The van der Waals surface area contributed by atoms with E-state index in [9.17, 15) is 0 Å². The minimum absolute atomic E-state index is 0.184. The molecule has 21 heavy (non-hydrogen) atoms. The third kappa shape index (κ3) is 5.87. The highest BCUT2D eigenvalue weighted by atomic mass is 32.2. The lowest BCUT2D eigenvalue weighted by atomic mass is 10.1. The van der Waals surface area contributed by atoms with Crippen LogP contribution in [-0.2, 0) is 0 Å². The van der Waals surface area contributed by atoms with Crippen LogP contribution in [0.2, 0.25) is 0 Å². The molecule has 1 atom stereocenters. The van der Waals surface area contributed by atoms with Crippen LogP contribution in [0.25, 0.3) is 0 Å². The fourth-order valence-corrected chi connectivity index (χ4v) is 3.40. The van der Waals surface area contributed by atoms with Gasteiger partial charge in [-0.05, 0) is 68.4 Å². The van der Waals surface area contributed by atoms with Crippen LogP contribution in [0.4, 0.5) is 5.69 Å². The molecule has 1 heterocycles. The predicted molar refractivity (Wildman–Crippen MR) is 92.4 cm³/mol. The number of rotatable bonds is 5. The summed E-state index contributed by atoms with van der Waals surface area (Å²) in [4.78, 5) is 4.45. The van der Waals surface area contributed by atoms with Gasteiger partial charge < -0.3 is 15.8 Å². The van der Waals surface area contributed by atoms with E-state index >= 15 is 0 Å². The minimum Gasteiger partial charge on any atom is -0.491 e. The number of hydrogen-bond donors (Lipinski definition) is 2. The Morgan fingerprint density at radius 3 is 2.81 bits per heavy atom. The number of nitrogens with zero attached hydrogens (tertiary/aromatic N) is 1. The molecule has 0 saturated carbocycles. The molecule has 3 N–H and O–H groups in total. The number of nitrogens with one attached hydrogen (secondary N) is 1. The monoisotopic (exact) mass is 307 g/mol. The third-order valence-electron chi connectivity index (χ3n) is 3.27. The SMILES string of the molecule is CC(C)Oc1ccc(NC(N)=NCC2CCCSC2)cc1. The van der Waals surface area contributed by atoms with Gasteiger partial charge in [-0.25, -0.2) is 0 Å². The molecule has 116 valence electrons. The molecular formula is C16H25N3OS. The van der Waals surface area contributed by atoms with Crippen molar-refractivity contribution in [1.82, 2.24) is 0 Å². The van der Waals surface area contributed by atoms with E-state index in [-0.39, 0.29) is 6.10 Å². The molecule has 1 unspecified atom stereocenters. The van der Waals surface area contributed by atoms with Gasteiger partial charge >= 0.3 is 0 Å². The second-order valence-electron chi connectivity index (χ2n) is 5.63. The number of guanidine groups is 1. The molecule has 1 aromatic rings. The summed E-state index contributed by atoms with van der Waals surface area (Å²) in [7, 11) is 0. The number of anilines is 1. The van der Waals surface area contributed by atoms with Crippen molar-refractivity contribution in [2.75, 3.05) is 23.4 Å². The predicted octanol–water partition coefficient (Wildman–Crippen LogP) is 3.34. The highest BCUT2D eigenvalue weighted by Crippen LogP contribution is 2.22. The van der Waals surface area contributed by atoms with Gasteiger partial charge in [-0.15, -0.1) is 0 Å². The lowest BCUT2D eigenvalue weighted by molar-refractivity contribution is 0.242. The summed E-state index contributed by atoms with van der Waals surface area (Å²) in [6.07, 6.45) is 2.75. The van der Waals surface area contributed by atoms with Crippen molar-refractivity contribution < 1.29 is 4.74 Å². The average Bonchev–Trinajstić information content (AvgIpc) is 2.48. The Morgan fingerprint density at radius 2 is 2.19 bits per heavy atom. The molecule has 0 amide bonds. The van der Waals surface area contributed by atoms with Crippen LogP contribution in [0.1, 0.15) is 26.7 Å². The number of benzene rings is 1. The van der Waals surface area contributed by atoms with Gasteiger partial charge in [-0.2, -0.15) is 11.8 Å². The fourth-order valence-electron chi connectivity index (χ4n) is 2.26. The Kier molecular flexibility index (Phi) is 6.23. The van der Waals surface area contributed by atoms with Gasteiger partial charge in [0.05, 0.1) is 6.10 Å². The van der Waals surface area contributed by atoms with Crippen molar-refractivity contribution in [3.05, 3.63) is 24.3 Å². The minimum atomic E-state index is 0.184. The van der Waals surface area contributed by atoms with Crippen LogP contribution < -0.4 is 15.8 Å². The van der Waals surface area contributed by atoms with Crippen molar-refractivity contribution in [3.63, 3.8) is 0 Å². The van der Waals surface area contributed by atoms with E-state index in [1.165, 1.54) is 24.3 Å². The molecule has 4 nitrogen and oxygen atoms in total. The molecule has 0 bridgehead atoms. The topological polar surface area (TPSA) is 59.6 Å². The summed E-state index contributed by atoms with van der Waals surface area (Å²) in [5, 5.41) is 3.13. The van der Waals surface area contributed by atoms with Gasteiger partial charge in [0.25, 0.3) is 0 Å². The van der Waals surface area contributed by atoms with Crippen molar-refractivity contribution >= 4 is 23.4 Å². The quantitative estimate of drug-likeness (QED) is 0.647. The van der Waals surface area contributed by atoms with E-state index < -0.39 is 0 Å². The summed E-state index contributed by atoms with van der Waals surface area (Å²) < 4.78 is 5.61. The van der Waals surface area contributed by atoms with Crippen LogP contribution in [0, 0.1) is 5.92 Å². The molecule has 0 aromatic heterocycles. The van der Waals surface area contributed by atoms with Crippen molar-refractivity contribution in [2.45, 2.75) is 32.8 Å². The first-order valence-electron chi connectivity index (χ1n) is 7.55. The lowest BCUT2D eigenvalue weighted by Gasteiger charge is -2.19. The number of aliphatic imine (C=N–C) groups is 1. The van der Waals surface area contributed by atoms with Crippen molar-refractivity contribution in [2.24, 2.45) is 16.6 Å². The van der Waals surface area contributed by atoms with Gasteiger partial charge in [0, 0.05) is 12.2 Å². The summed E-state index contributed by atoms with van der Waals surface area (Å²) in [5.41, 5.74) is 6.88. The van der Waals surface area contributed by atoms with Crippen LogP contribution >= 0.6 is 11.8 Å². The Balaban J connectivity index is 1.82.